The van der Waals surface area contributed by atoms with E-state index >= 15 is 0 Å². The normalized spacial score (nSPS) is 10.5. The summed E-state index contributed by atoms with van der Waals surface area (Å²) in [6, 6.07) is 34.3. The minimum Gasteiger partial charge on any atom is -0.457 e. The van der Waals surface area contributed by atoms with Gasteiger partial charge in [0, 0.05) is 22.3 Å². The summed E-state index contributed by atoms with van der Waals surface area (Å²) in [4.78, 5) is 0. The van der Waals surface area contributed by atoms with Crippen molar-refractivity contribution in [2.24, 2.45) is 0 Å². The van der Waals surface area contributed by atoms with Crippen LogP contribution in [-0.2, 0) is 0 Å². The van der Waals surface area contributed by atoms with Gasteiger partial charge in [-0.1, -0.05) is 46.9 Å². The monoisotopic (exact) mass is 540 g/mol. The zero-order chi connectivity index (χ0) is 26.6. The molecule has 0 aliphatic rings. The molecule has 0 aliphatic heterocycles. The molecule has 0 spiro atoms. The van der Waals surface area contributed by atoms with E-state index in [-0.39, 0.29) is 0 Å². The molecule has 0 saturated heterocycles. The van der Waals surface area contributed by atoms with Crippen LogP contribution in [-0.4, -0.2) is 20.4 Å². The minimum atomic E-state index is 0.614. The highest BCUT2D eigenvalue weighted by molar-refractivity contribution is 7.18. The third-order valence-electron chi connectivity index (χ3n) is 5.81. The van der Waals surface area contributed by atoms with E-state index in [1.54, 1.807) is 24.3 Å². The van der Waals surface area contributed by atoms with Gasteiger partial charge in [0.25, 0.3) is 0 Å². The zero-order valence-electron chi connectivity index (χ0n) is 20.1. The maximum atomic E-state index is 8.98. The first-order valence-corrected chi connectivity index (χ1v) is 13.4. The molecule has 0 radical (unpaired) electrons. The number of hydrogen-bond donors (Lipinski definition) is 0. The van der Waals surface area contributed by atoms with Crippen LogP contribution in [0.15, 0.2) is 97.1 Å². The summed E-state index contributed by atoms with van der Waals surface area (Å²) in [5, 5.41) is 38.4. The van der Waals surface area contributed by atoms with Gasteiger partial charge in [0.05, 0.1) is 23.3 Å². The quantitative estimate of drug-likeness (QED) is 0.214. The van der Waals surface area contributed by atoms with Crippen LogP contribution in [0.1, 0.15) is 11.1 Å². The Labute approximate surface area is 231 Å². The van der Waals surface area contributed by atoms with Gasteiger partial charge in [-0.25, -0.2) is 0 Å². The number of hydrogen-bond acceptors (Lipinski definition) is 9. The van der Waals surface area contributed by atoms with E-state index in [2.05, 4.69) is 32.5 Å². The summed E-state index contributed by atoms with van der Waals surface area (Å²) in [6.45, 7) is 0. The van der Waals surface area contributed by atoms with Crippen molar-refractivity contribution in [3.05, 3.63) is 108 Å². The number of benzene rings is 4. The van der Waals surface area contributed by atoms with E-state index in [1.807, 2.05) is 72.8 Å². The van der Waals surface area contributed by atoms with E-state index in [0.29, 0.717) is 22.6 Å². The van der Waals surface area contributed by atoms with Crippen LogP contribution in [0.2, 0.25) is 0 Å². The van der Waals surface area contributed by atoms with Crippen LogP contribution in [0, 0.1) is 22.7 Å². The van der Waals surface area contributed by atoms with Gasteiger partial charge >= 0.3 is 0 Å². The molecule has 9 heteroatoms. The van der Waals surface area contributed by atoms with Crippen molar-refractivity contribution in [1.82, 2.24) is 20.4 Å². The third-order valence-corrected chi connectivity index (χ3v) is 7.85. The van der Waals surface area contributed by atoms with Gasteiger partial charge < -0.3 is 4.74 Å². The molecule has 0 unspecified atom stereocenters. The summed E-state index contributed by atoms with van der Waals surface area (Å²) >= 11 is 2.99. The topological polar surface area (TPSA) is 108 Å². The van der Waals surface area contributed by atoms with E-state index in [9.17, 15) is 0 Å². The van der Waals surface area contributed by atoms with Crippen LogP contribution in [0.25, 0.3) is 42.3 Å². The maximum absolute atomic E-state index is 8.98. The summed E-state index contributed by atoms with van der Waals surface area (Å²) < 4.78 is 6.03. The largest absolute Gasteiger partial charge is 0.457 e. The Kier molecular flexibility index (Phi) is 6.59. The van der Waals surface area contributed by atoms with Gasteiger partial charge in [-0.2, -0.15) is 10.5 Å². The Hall–Kier alpha value is -5.22. The van der Waals surface area contributed by atoms with Gasteiger partial charge in [-0.3, -0.25) is 0 Å². The van der Waals surface area contributed by atoms with Crippen molar-refractivity contribution in [3.8, 4) is 65.9 Å². The first-order chi connectivity index (χ1) is 19.2. The number of nitriles is 2. The Balaban J connectivity index is 1.12. The van der Waals surface area contributed by atoms with Crippen molar-refractivity contribution >= 4 is 22.7 Å². The number of aromatic nitrogens is 4. The summed E-state index contributed by atoms with van der Waals surface area (Å²) in [7, 11) is 0. The second-order valence-electron chi connectivity index (χ2n) is 8.35. The number of ether oxygens (including phenoxy) is 1. The van der Waals surface area contributed by atoms with Crippen molar-refractivity contribution in [2.45, 2.75) is 0 Å². The van der Waals surface area contributed by atoms with Gasteiger partial charge in [-0.05, 0) is 72.8 Å². The van der Waals surface area contributed by atoms with Gasteiger partial charge in [0.15, 0.2) is 0 Å². The van der Waals surface area contributed by atoms with Crippen LogP contribution in [0.3, 0.4) is 0 Å². The lowest BCUT2D eigenvalue weighted by molar-refractivity contribution is 0.483. The van der Waals surface area contributed by atoms with Crippen LogP contribution in [0.5, 0.6) is 11.5 Å². The third kappa shape index (κ3) is 5.27. The lowest BCUT2D eigenvalue weighted by Gasteiger charge is -2.06. The van der Waals surface area contributed by atoms with Gasteiger partial charge in [0.1, 0.15) is 31.5 Å². The molecular weight excluding hydrogens is 525 g/mol. The second kappa shape index (κ2) is 10.6. The zero-order valence-corrected chi connectivity index (χ0v) is 21.8. The SMILES string of the molecule is N#Cc1ccc(-c2nnc(-c3ccc(Oc4ccc(-c5nnc(-c6ccc(C#N)cc6)s5)cc4)cc3)s2)cc1. The highest BCUT2D eigenvalue weighted by atomic mass is 32.1. The highest BCUT2D eigenvalue weighted by Gasteiger charge is 2.11. The Morgan fingerprint density at radius 3 is 1.00 bits per heavy atom. The molecule has 0 N–H and O–H groups in total. The smallest absolute Gasteiger partial charge is 0.148 e. The predicted molar refractivity (Wildman–Crippen MR) is 151 cm³/mol. The molecule has 0 atom stereocenters. The number of rotatable bonds is 6. The Morgan fingerprint density at radius 2 is 0.718 bits per heavy atom. The van der Waals surface area contributed by atoms with Crippen LogP contribution in [0.4, 0.5) is 0 Å². The van der Waals surface area contributed by atoms with Crippen molar-refractivity contribution in [3.63, 3.8) is 0 Å². The van der Waals surface area contributed by atoms with Gasteiger partial charge in [-0.15, -0.1) is 20.4 Å². The van der Waals surface area contributed by atoms with E-state index < -0.39 is 0 Å². The van der Waals surface area contributed by atoms with E-state index in [0.717, 1.165) is 42.3 Å². The average molecular weight is 541 g/mol. The number of nitrogens with zero attached hydrogens (tertiary/aromatic N) is 6. The molecule has 7 nitrogen and oxygen atoms in total. The molecule has 4 aromatic carbocycles. The van der Waals surface area contributed by atoms with Crippen molar-refractivity contribution in [2.75, 3.05) is 0 Å². The predicted octanol–water partition coefficient (Wildman–Crippen LogP) is 7.59. The van der Waals surface area contributed by atoms with Gasteiger partial charge in [0.2, 0.25) is 0 Å². The fraction of sp³-hybridized carbons (Fsp3) is 0. The molecule has 2 aromatic heterocycles. The second-order valence-corrected chi connectivity index (χ2v) is 10.3. The maximum Gasteiger partial charge on any atom is 0.148 e. The molecule has 6 rings (SSSR count). The Morgan fingerprint density at radius 1 is 0.436 bits per heavy atom. The molecule has 0 fully saturated rings. The molecule has 0 bridgehead atoms. The molecule has 0 saturated carbocycles. The molecule has 6 aromatic rings. The summed E-state index contributed by atoms with van der Waals surface area (Å²) in [6.07, 6.45) is 0. The van der Waals surface area contributed by atoms with Crippen LogP contribution < -0.4 is 4.74 Å². The first-order valence-electron chi connectivity index (χ1n) is 11.8. The fourth-order valence-electron chi connectivity index (χ4n) is 3.75. The van der Waals surface area contributed by atoms with E-state index in [1.165, 1.54) is 22.7 Å². The molecule has 2 heterocycles. The standard InChI is InChI=1S/C30H16N6OS2/c31-17-19-1-5-21(6-2-19)27-33-35-29(38-27)23-9-13-25(14-10-23)37-26-15-11-24(12-16-26)30-36-34-28(39-30)22-7-3-20(18-32)4-8-22/h1-16H. The Bertz CT molecular complexity index is 1690. The fourth-order valence-corrected chi connectivity index (χ4v) is 5.46. The minimum absolute atomic E-state index is 0.614. The average Bonchev–Trinajstić information content (AvgIpc) is 3.69. The molecule has 184 valence electrons. The summed E-state index contributed by atoms with van der Waals surface area (Å²) in [5.74, 6) is 1.42. The van der Waals surface area contributed by atoms with E-state index in [4.69, 9.17) is 15.3 Å². The molecule has 0 aliphatic carbocycles. The first kappa shape index (κ1) is 24.1. The lowest BCUT2D eigenvalue weighted by Crippen LogP contribution is -1.85. The molecular formula is C30H16N6OS2. The van der Waals surface area contributed by atoms with Crippen molar-refractivity contribution < 1.29 is 4.74 Å². The van der Waals surface area contributed by atoms with Crippen LogP contribution >= 0.6 is 22.7 Å². The summed E-state index contributed by atoms with van der Waals surface area (Å²) in [5.41, 5.74) is 4.99. The van der Waals surface area contributed by atoms with Crippen molar-refractivity contribution in [1.29, 1.82) is 10.5 Å². The molecule has 0 amide bonds. The molecule has 39 heavy (non-hydrogen) atoms. The highest BCUT2D eigenvalue weighted by Crippen LogP contribution is 2.33. The lowest BCUT2D eigenvalue weighted by atomic mass is 10.2.